The molecule has 4 nitrogen and oxygen atoms in total. The highest BCUT2D eigenvalue weighted by molar-refractivity contribution is 6.00. The van der Waals surface area contributed by atoms with Gasteiger partial charge in [-0.1, -0.05) is 24.3 Å². The van der Waals surface area contributed by atoms with Gasteiger partial charge in [-0.25, -0.2) is 0 Å². The minimum atomic E-state index is 0.442. The van der Waals surface area contributed by atoms with E-state index >= 15 is 0 Å². The van der Waals surface area contributed by atoms with Crippen LogP contribution in [0.1, 0.15) is 6.92 Å². The average Bonchev–Trinajstić information content (AvgIpc) is 2.36. The van der Waals surface area contributed by atoms with E-state index in [0.717, 1.165) is 16.5 Å². The van der Waals surface area contributed by atoms with Crippen LogP contribution in [0.5, 0.6) is 0 Å². The summed E-state index contributed by atoms with van der Waals surface area (Å²) in [6.07, 6.45) is 0. The summed E-state index contributed by atoms with van der Waals surface area (Å²) in [5, 5.41) is 4.75. The Hall–Kier alpha value is -1.94. The van der Waals surface area contributed by atoms with E-state index in [-0.39, 0.29) is 0 Å². The molecule has 2 aromatic rings. The highest BCUT2D eigenvalue weighted by Gasteiger charge is 2.05. The molecule has 16 heavy (non-hydrogen) atoms. The number of nitrogens with one attached hydrogen (secondary N) is 1. The Morgan fingerprint density at radius 1 is 1.19 bits per heavy atom. The predicted octanol–water partition coefficient (Wildman–Crippen LogP) is 3.60. The molecule has 0 heterocycles. The van der Waals surface area contributed by atoms with E-state index in [4.69, 9.17) is 4.84 Å². The number of benzene rings is 2. The molecule has 2 aromatic carbocycles. The van der Waals surface area contributed by atoms with Gasteiger partial charge in [0.15, 0.2) is 0 Å². The van der Waals surface area contributed by atoms with Crippen molar-refractivity contribution in [3.63, 3.8) is 0 Å². The first-order chi connectivity index (χ1) is 7.86. The van der Waals surface area contributed by atoms with E-state index in [1.807, 2.05) is 31.2 Å². The number of fused-ring (bicyclic) bond motifs is 1. The maximum Gasteiger partial charge on any atom is 0.115 e. The molecule has 0 radical (unpaired) electrons. The Morgan fingerprint density at radius 2 is 1.94 bits per heavy atom. The first kappa shape index (κ1) is 10.6. The maximum atomic E-state index is 10.6. The summed E-state index contributed by atoms with van der Waals surface area (Å²) >= 11 is 0. The largest absolute Gasteiger partial charge is 0.276 e. The molecule has 1 N–H and O–H groups in total. The standard InChI is InChI=1S/C12H12N2O2/c1-2-16-14-12-8-7-11(13-15)9-5-3-4-6-10(9)12/h3-8,14H,2H2,1H3. The molecule has 0 aliphatic rings. The van der Waals surface area contributed by atoms with Crippen LogP contribution < -0.4 is 5.48 Å². The number of rotatable bonds is 4. The van der Waals surface area contributed by atoms with Crippen LogP contribution in [0, 0.1) is 4.91 Å². The zero-order chi connectivity index (χ0) is 11.4. The van der Waals surface area contributed by atoms with Crippen molar-refractivity contribution in [1.82, 2.24) is 0 Å². The van der Waals surface area contributed by atoms with Crippen molar-refractivity contribution in [3.05, 3.63) is 41.3 Å². The quantitative estimate of drug-likeness (QED) is 0.627. The SMILES string of the molecule is CCONc1ccc(N=O)c2ccccc12. The predicted molar refractivity (Wildman–Crippen MR) is 64.7 cm³/mol. The van der Waals surface area contributed by atoms with Gasteiger partial charge in [0.2, 0.25) is 0 Å². The van der Waals surface area contributed by atoms with Crippen LogP contribution in [0.25, 0.3) is 10.8 Å². The lowest BCUT2D eigenvalue weighted by Gasteiger charge is -2.09. The Bertz CT molecular complexity index is 511. The smallest absolute Gasteiger partial charge is 0.115 e. The lowest BCUT2D eigenvalue weighted by Crippen LogP contribution is -2.00. The van der Waals surface area contributed by atoms with E-state index in [9.17, 15) is 4.91 Å². The lowest BCUT2D eigenvalue weighted by molar-refractivity contribution is 0.211. The number of nitroso groups, excluding NO2 is 1. The third-order valence-electron chi connectivity index (χ3n) is 2.33. The Labute approximate surface area is 93.2 Å². The van der Waals surface area contributed by atoms with Gasteiger partial charge in [-0.05, 0) is 24.2 Å². The van der Waals surface area contributed by atoms with Crippen LogP contribution in [0.15, 0.2) is 41.6 Å². The van der Waals surface area contributed by atoms with Crippen molar-refractivity contribution in [2.45, 2.75) is 6.92 Å². The topological polar surface area (TPSA) is 50.7 Å². The molecule has 0 bridgehead atoms. The zero-order valence-electron chi connectivity index (χ0n) is 8.93. The van der Waals surface area contributed by atoms with Gasteiger partial charge < -0.3 is 0 Å². The highest BCUT2D eigenvalue weighted by Crippen LogP contribution is 2.31. The number of hydrogen-bond acceptors (Lipinski definition) is 4. The molecule has 4 heteroatoms. The molecule has 0 atom stereocenters. The van der Waals surface area contributed by atoms with Crippen molar-refractivity contribution in [2.75, 3.05) is 12.1 Å². The molecule has 0 unspecified atom stereocenters. The highest BCUT2D eigenvalue weighted by atomic mass is 16.6. The number of hydrogen-bond donors (Lipinski definition) is 1. The number of nitrogens with zero attached hydrogens (tertiary/aromatic N) is 1. The third-order valence-corrected chi connectivity index (χ3v) is 2.33. The lowest BCUT2D eigenvalue weighted by atomic mass is 10.1. The fourth-order valence-electron chi connectivity index (χ4n) is 1.60. The zero-order valence-corrected chi connectivity index (χ0v) is 8.93. The molecule has 0 saturated heterocycles. The molecule has 2 rings (SSSR count). The van der Waals surface area contributed by atoms with Crippen LogP contribution in [0.3, 0.4) is 0 Å². The molecular weight excluding hydrogens is 204 g/mol. The summed E-state index contributed by atoms with van der Waals surface area (Å²) in [4.78, 5) is 15.8. The summed E-state index contributed by atoms with van der Waals surface area (Å²) in [5.41, 5.74) is 4.13. The summed E-state index contributed by atoms with van der Waals surface area (Å²) in [7, 11) is 0. The number of anilines is 1. The summed E-state index contributed by atoms with van der Waals surface area (Å²) in [5.74, 6) is 0. The summed E-state index contributed by atoms with van der Waals surface area (Å²) in [6.45, 7) is 2.47. The molecule has 0 aliphatic heterocycles. The second-order valence-electron chi connectivity index (χ2n) is 3.30. The summed E-state index contributed by atoms with van der Waals surface area (Å²) in [6, 6.07) is 11.0. The van der Waals surface area contributed by atoms with Gasteiger partial charge in [-0.15, -0.1) is 4.91 Å². The minimum absolute atomic E-state index is 0.442. The van der Waals surface area contributed by atoms with E-state index in [1.54, 1.807) is 12.1 Å². The van der Waals surface area contributed by atoms with Gasteiger partial charge in [0.05, 0.1) is 12.3 Å². The average molecular weight is 216 g/mol. The van der Waals surface area contributed by atoms with Crippen LogP contribution in [-0.2, 0) is 4.84 Å². The van der Waals surface area contributed by atoms with E-state index in [1.165, 1.54) is 0 Å². The van der Waals surface area contributed by atoms with Crippen LogP contribution in [0.2, 0.25) is 0 Å². The Morgan fingerprint density at radius 3 is 2.62 bits per heavy atom. The maximum absolute atomic E-state index is 10.6. The monoisotopic (exact) mass is 216 g/mol. The third kappa shape index (κ3) is 1.87. The van der Waals surface area contributed by atoms with Gasteiger partial charge in [-0.3, -0.25) is 10.3 Å². The fourth-order valence-corrected chi connectivity index (χ4v) is 1.60. The second-order valence-corrected chi connectivity index (χ2v) is 3.30. The normalized spacial score (nSPS) is 10.3. The van der Waals surface area contributed by atoms with Crippen molar-refractivity contribution < 1.29 is 4.84 Å². The molecular formula is C12H12N2O2. The minimum Gasteiger partial charge on any atom is -0.276 e. The molecule has 0 amide bonds. The van der Waals surface area contributed by atoms with Crippen LogP contribution >= 0.6 is 0 Å². The van der Waals surface area contributed by atoms with Crippen molar-refractivity contribution in [3.8, 4) is 0 Å². The fraction of sp³-hybridized carbons (Fsp3) is 0.167. The molecule has 0 fully saturated rings. The Balaban J connectivity index is 2.55. The first-order valence-corrected chi connectivity index (χ1v) is 5.09. The van der Waals surface area contributed by atoms with Gasteiger partial charge in [-0.2, -0.15) is 0 Å². The summed E-state index contributed by atoms with van der Waals surface area (Å²) < 4.78 is 0. The van der Waals surface area contributed by atoms with Crippen LogP contribution in [-0.4, -0.2) is 6.61 Å². The van der Waals surface area contributed by atoms with E-state index < -0.39 is 0 Å². The Kier molecular flexibility index (Phi) is 3.12. The van der Waals surface area contributed by atoms with Crippen molar-refractivity contribution >= 4 is 22.1 Å². The van der Waals surface area contributed by atoms with Crippen molar-refractivity contribution in [2.24, 2.45) is 5.18 Å². The second kappa shape index (κ2) is 4.72. The van der Waals surface area contributed by atoms with E-state index in [0.29, 0.717) is 12.3 Å². The molecule has 0 saturated carbocycles. The van der Waals surface area contributed by atoms with Gasteiger partial charge in [0, 0.05) is 10.8 Å². The molecule has 82 valence electrons. The van der Waals surface area contributed by atoms with Crippen molar-refractivity contribution in [1.29, 1.82) is 0 Å². The van der Waals surface area contributed by atoms with E-state index in [2.05, 4.69) is 10.7 Å². The van der Waals surface area contributed by atoms with Gasteiger partial charge in [0.1, 0.15) is 5.69 Å². The van der Waals surface area contributed by atoms with Crippen LogP contribution in [0.4, 0.5) is 11.4 Å². The van der Waals surface area contributed by atoms with Gasteiger partial charge in [0.25, 0.3) is 0 Å². The molecule has 0 aromatic heterocycles. The van der Waals surface area contributed by atoms with Gasteiger partial charge >= 0.3 is 0 Å². The molecule has 0 spiro atoms. The first-order valence-electron chi connectivity index (χ1n) is 5.09. The molecule has 0 aliphatic carbocycles.